The van der Waals surface area contributed by atoms with Crippen molar-refractivity contribution >= 4 is 11.7 Å². The molecule has 2 aromatic rings. The largest absolute Gasteiger partial charge is 0.494 e. The van der Waals surface area contributed by atoms with E-state index in [1.807, 2.05) is 0 Å². The summed E-state index contributed by atoms with van der Waals surface area (Å²) in [5.41, 5.74) is 0.888. The van der Waals surface area contributed by atoms with Crippen LogP contribution in [0.4, 0.5) is 10.2 Å². The maximum Gasteiger partial charge on any atom is 0.261 e. The number of carbonyl (C=O) groups excluding carboxylic acids is 1. The number of amides is 1. The van der Waals surface area contributed by atoms with E-state index in [-0.39, 0.29) is 11.7 Å². The third-order valence-corrected chi connectivity index (χ3v) is 4.11. The van der Waals surface area contributed by atoms with E-state index in [0.717, 1.165) is 6.42 Å². The minimum atomic E-state index is -0.481. The minimum absolute atomic E-state index is 0.0804. The predicted octanol–water partition coefficient (Wildman–Crippen LogP) is 3.67. The Morgan fingerprint density at radius 2 is 2.00 bits per heavy atom. The Labute approximate surface area is 153 Å². The molecule has 0 unspecified atom stereocenters. The molecule has 0 spiro atoms. The van der Waals surface area contributed by atoms with Gasteiger partial charge in [-0.15, -0.1) is 0 Å². The monoisotopic (exact) mass is 363 g/mol. The molecule has 0 atom stereocenters. The number of benzene rings is 1. The van der Waals surface area contributed by atoms with E-state index in [2.05, 4.69) is 19.0 Å². The van der Waals surface area contributed by atoms with Crippen LogP contribution in [0.25, 0.3) is 11.3 Å². The van der Waals surface area contributed by atoms with Crippen LogP contribution in [-0.4, -0.2) is 50.8 Å². The summed E-state index contributed by atoms with van der Waals surface area (Å²) in [6.45, 7) is 4.85. The molecule has 0 radical (unpaired) electrons. The molecule has 0 N–H and O–H groups in total. The number of aromatic nitrogens is 1. The van der Waals surface area contributed by atoms with E-state index in [1.54, 1.807) is 37.0 Å². The second kappa shape index (κ2) is 8.21. The van der Waals surface area contributed by atoms with E-state index in [1.165, 1.54) is 19.2 Å². The topological polar surface area (TPSA) is 58.8 Å². The lowest BCUT2D eigenvalue weighted by Crippen LogP contribution is -2.30. The predicted molar refractivity (Wildman–Crippen MR) is 99.2 cm³/mol. The van der Waals surface area contributed by atoms with Crippen LogP contribution in [0.1, 0.15) is 30.6 Å². The van der Waals surface area contributed by atoms with Crippen LogP contribution in [0, 0.1) is 11.7 Å². The quantitative estimate of drug-likeness (QED) is 0.751. The van der Waals surface area contributed by atoms with Crippen LogP contribution in [0.2, 0.25) is 0 Å². The van der Waals surface area contributed by atoms with Crippen LogP contribution in [0.5, 0.6) is 5.75 Å². The summed E-state index contributed by atoms with van der Waals surface area (Å²) in [5, 5.41) is 4.04. The van der Waals surface area contributed by atoms with Crippen molar-refractivity contribution in [1.29, 1.82) is 0 Å². The number of rotatable bonds is 7. The second-order valence-corrected chi connectivity index (χ2v) is 6.86. The normalized spacial score (nSPS) is 10.9. The number of carbonyl (C=O) groups is 1. The van der Waals surface area contributed by atoms with Gasteiger partial charge in [0.15, 0.2) is 23.1 Å². The van der Waals surface area contributed by atoms with Gasteiger partial charge in [0.25, 0.3) is 5.91 Å². The number of hydrogen-bond donors (Lipinski definition) is 0. The van der Waals surface area contributed by atoms with Crippen LogP contribution in [-0.2, 0) is 0 Å². The molecule has 1 heterocycles. The van der Waals surface area contributed by atoms with Crippen LogP contribution in [0.15, 0.2) is 22.7 Å². The van der Waals surface area contributed by atoms with Gasteiger partial charge in [-0.25, -0.2) is 4.39 Å². The van der Waals surface area contributed by atoms with Crippen molar-refractivity contribution in [2.24, 2.45) is 5.92 Å². The number of nitrogens with zero attached hydrogens (tertiary/aromatic N) is 3. The van der Waals surface area contributed by atoms with Gasteiger partial charge in [-0.3, -0.25) is 4.79 Å². The molecule has 0 aliphatic heterocycles. The maximum absolute atomic E-state index is 13.7. The van der Waals surface area contributed by atoms with Crippen LogP contribution >= 0.6 is 0 Å². The third kappa shape index (κ3) is 4.15. The zero-order chi connectivity index (χ0) is 19.4. The van der Waals surface area contributed by atoms with Gasteiger partial charge in [0, 0.05) is 33.3 Å². The lowest BCUT2D eigenvalue weighted by molar-refractivity contribution is 0.0790. The first-order valence-corrected chi connectivity index (χ1v) is 8.52. The molecule has 0 saturated carbocycles. The Balaban J connectivity index is 2.47. The summed E-state index contributed by atoms with van der Waals surface area (Å²) in [4.78, 5) is 16.4. The molecule has 0 saturated heterocycles. The molecule has 142 valence electrons. The summed E-state index contributed by atoms with van der Waals surface area (Å²) >= 11 is 0. The van der Waals surface area contributed by atoms with Gasteiger partial charge in [0.2, 0.25) is 0 Å². The molecule has 26 heavy (non-hydrogen) atoms. The standard InChI is InChI=1S/C19H26FN3O3/c1-12(2)9-10-23(5)19(24)16-17(26-21-18(16)22(3)4)13-7-8-14(20)15(11-13)25-6/h7-8,11-12H,9-10H2,1-6H3. The van der Waals surface area contributed by atoms with Crippen molar-refractivity contribution in [2.45, 2.75) is 20.3 Å². The molecule has 7 heteroatoms. The molecule has 0 fully saturated rings. The Kier molecular flexibility index (Phi) is 6.23. The van der Waals surface area contributed by atoms with Crippen molar-refractivity contribution in [3.8, 4) is 17.1 Å². The van der Waals surface area contributed by atoms with Crippen molar-refractivity contribution in [3.63, 3.8) is 0 Å². The van der Waals surface area contributed by atoms with Gasteiger partial charge in [-0.1, -0.05) is 19.0 Å². The van der Waals surface area contributed by atoms with Crippen molar-refractivity contribution in [1.82, 2.24) is 10.1 Å². The third-order valence-electron chi connectivity index (χ3n) is 4.11. The fourth-order valence-corrected chi connectivity index (χ4v) is 2.52. The Bertz CT molecular complexity index is 771. The smallest absolute Gasteiger partial charge is 0.261 e. The number of anilines is 1. The molecule has 0 bridgehead atoms. The van der Waals surface area contributed by atoms with Gasteiger partial charge >= 0.3 is 0 Å². The minimum Gasteiger partial charge on any atom is -0.494 e. The highest BCUT2D eigenvalue weighted by Gasteiger charge is 2.28. The lowest BCUT2D eigenvalue weighted by atomic mass is 10.1. The average Bonchev–Trinajstić information content (AvgIpc) is 3.04. The van der Waals surface area contributed by atoms with Gasteiger partial charge in [0.1, 0.15) is 5.56 Å². The first-order chi connectivity index (χ1) is 12.3. The lowest BCUT2D eigenvalue weighted by Gasteiger charge is -2.20. The average molecular weight is 363 g/mol. The molecule has 6 nitrogen and oxygen atoms in total. The van der Waals surface area contributed by atoms with Crippen LogP contribution < -0.4 is 9.64 Å². The van der Waals surface area contributed by atoms with Crippen molar-refractivity contribution in [3.05, 3.63) is 29.6 Å². The summed E-state index contributed by atoms with van der Waals surface area (Å²) in [7, 11) is 6.72. The molecule has 1 aromatic carbocycles. The highest BCUT2D eigenvalue weighted by atomic mass is 19.1. The van der Waals surface area contributed by atoms with E-state index in [4.69, 9.17) is 9.26 Å². The molecule has 0 aliphatic carbocycles. The van der Waals surface area contributed by atoms with Gasteiger partial charge < -0.3 is 19.1 Å². The molecule has 1 aromatic heterocycles. The number of hydrogen-bond acceptors (Lipinski definition) is 5. The highest BCUT2D eigenvalue weighted by Crippen LogP contribution is 2.34. The fraction of sp³-hybridized carbons (Fsp3) is 0.474. The summed E-state index contributed by atoms with van der Waals surface area (Å²) in [6.07, 6.45) is 0.893. The molecule has 2 rings (SSSR count). The summed E-state index contributed by atoms with van der Waals surface area (Å²) in [5.74, 6) is 0.635. The zero-order valence-electron chi connectivity index (χ0n) is 16.2. The summed E-state index contributed by atoms with van der Waals surface area (Å²) in [6, 6.07) is 4.33. The van der Waals surface area contributed by atoms with Gasteiger partial charge in [0.05, 0.1) is 7.11 Å². The fourth-order valence-electron chi connectivity index (χ4n) is 2.52. The van der Waals surface area contributed by atoms with Gasteiger partial charge in [-0.2, -0.15) is 0 Å². The highest BCUT2D eigenvalue weighted by molar-refractivity contribution is 6.04. The molecular weight excluding hydrogens is 337 g/mol. The first kappa shape index (κ1) is 19.8. The zero-order valence-corrected chi connectivity index (χ0v) is 16.2. The number of ether oxygens (including phenoxy) is 1. The SMILES string of the molecule is COc1cc(-c2onc(N(C)C)c2C(=O)N(C)CCC(C)C)ccc1F. The van der Waals surface area contributed by atoms with E-state index in [9.17, 15) is 9.18 Å². The Morgan fingerprint density at radius 3 is 2.58 bits per heavy atom. The van der Waals surface area contributed by atoms with Gasteiger partial charge in [-0.05, 0) is 30.5 Å². The van der Waals surface area contributed by atoms with Crippen molar-refractivity contribution in [2.75, 3.05) is 39.7 Å². The molecular formula is C19H26FN3O3. The van der Waals surface area contributed by atoms with E-state index < -0.39 is 5.82 Å². The summed E-state index contributed by atoms with van der Waals surface area (Å²) < 4.78 is 24.2. The van der Waals surface area contributed by atoms with E-state index in [0.29, 0.717) is 35.2 Å². The number of methoxy groups -OCH3 is 1. The maximum atomic E-state index is 13.7. The van der Waals surface area contributed by atoms with Crippen molar-refractivity contribution < 1.29 is 18.4 Å². The Morgan fingerprint density at radius 1 is 1.31 bits per heavy atom. The van der Waals surface area contributed by atoms with E-state index >= 15 is 0 Å². The molecule has 1 amide bonds. The first-order valence-electron chi connectivity index (χ1n) is 8.52. The van der Waals surface area contributed by atoms with Crippen LogP contribution in [0.3, 0.4) is 0 Å². The second-order valence-electron chi connectivity index (χ2n) is 6.86. The number of halogens is 1. The molecule has 0 aliphatic rings. The Hall–Kier alpha value is -2.57.